The van der Waals surface area contributed by atoms with Crippen LogP contribution in [0.25, 0.3) is 0 Å². The lowest BCUT2D eigenvalue weighted by Gasteiger charge is -2.02. The van der Waals surface area contributed by atoms with Crippen LogP contribution in [0.2, 0.25) is 0 Å². The molecule has 0 fully saturated rings. The molecule has 160 valence electrons. The summed E-state index contributed by atoms with van der Waals surface area (Å²) in [7, 11) is 0. The quantitative estimate of drug-likeness (QED) is 0.328. The maximum atomic E-state index is 9.13. The van der Waals surface area contributed by atoms with Gasteiger partial charge >= 0.3 is 0 Å². The fourth-order valence-electron chi connectivity index (χ4n) is 2.93. The number of rotatable bonds is 4. The van der Waals surface area contributed by atoms with Gasteiger partial charge in [-0.2, -0.15) is 0 Å². The third kappa shape index (κ3) is 7.78. The molecule has 0 aliphatic rings. The van der Waals surface area contributed by atoms with E-state index in [1.807, 2.05) is 48.5 Å². The molecule has 0 amide bonds. The van der Waals surface area contributed by atoms with E-state index in [1.54, 1.807) is 48.5 Å². The molecule has 0 aromatic heterocycles. The zero-order valence-electron chi connectivity index (χ0n) is 16.4. The molecule has 4 N–H and O–H groups in total. The van der Waals surface area contributed by atoms with E-state index in [1.165, 1.54) is 0 Å². The molecule has 0 heterocycles. The molecule has 4 nitrogen and oxygen atoms in total. The van der Waals surface area contributed by atoms with E-state index in [0.717, 1.165) is 35.1 Å². The number of hydrogen-bond acceptors (Lipinski definition) is 4. The Balaban J connectivity index is 0.000000213. The minimum atomic E-state index is 0. The van der Waals surface area contributed by atoms with Gasteiger partial charge in [0.1, 0.15) is 23.0 Å². The predicted octanol–water partition coefficient (Wildman–Crippen LogP) is 6.01. The van der Waals surface area contributed by atoms with Gasteiger partial charge in [0, 0.05) is 0 Å². The lowest BCUT2D eigenvalue weighted by molar-refractivity contribution is 0.474. The summed E-state index contributed by atoms with van der Waals surface area (Å²) in [6, 6.07) is 28.5. The molecule has 31 heavy (non-hydrogen) atoms. The SMILES string of the molecule is C.Oc1ccc(Cc2ccc(O)cc2)cc1.Oc1ccc(Cc2ccc(O)cc2)cc1. The van der Waals surface area contributed by atoms with Crippen LogP contribution in [0.3, 0.4) is 0 Å². The third-order valence-corrected chi connectivity index (χ3v) is 4.56. The number of phenolic OH excluding ortho intramolecular Hbond substituents is 4. The molecule has 0 saturated heterocycles. The largest absolute Gasteiger partial charge is 0.508 e. The highest BCUT2D eigenvalue weighted by molar-refractivity contribution is 5.34. The maximum absolute atomic E-state index is 9.13. The first-order valence-corrected chi connectivity index (χ1v) is 9.59. The van der Waals surface area contributed by atoms with Gasteiger partial charge in [-0.1, -0.05) is 56.0 Å². The van der Waals surface area contributed by atoms with Crippen LogP contribution in [-0.4, -0.2) is 20.4 Å². The Kier molecular flexibility index (Phi) is 8.52. The van der Waals surface area contributed by atoms with Gasteiger partial charge in [-0.15, -0.1) is 0 Å². The molecule has 0 radical (unpaired) electrons. The summed E-state index contributed by atoms with van der Waals surface area (Å²) in [5.41, 5.74) is 4.55. The van der Waals surface area contributed by atoms with Crippen molar-refractivity contribution in [2.45, 2.75) is 20.3 Å². The second kappa shape index (κ2) is 11.3. The highest BCUT2D eigenvalue weighted by atomic mass is 16.3. The van der Waals surface area contributed by atoms with Gasteiger partial charge in [0.2, 0.25) is 0 Å². The van der Waals surface area contributed by atoms with Crippen molar-refractivity contribution in [1.29, 1.82) is 0 Å². The van der Waals surface area contributed by atoms with Crippen molar-refractivity contribution >= 4 is 0 Å². The Morgan fingerprint density at radius 1 is 0.323 bits per heavy atom. The van der Waals surface area contributed by atoms with Gasteiger partial charge in [0.05, 0.1) is 0 Å². The number of hydrogen-bond donors (Lipinski definition) is 4. The fraction of sp³-hybridized carbons (Fsp3) is 0.111. The summed E-state index contributed by atoms with van der Waals surface area (Å²) < 4.78 is 0. The van der Waals surface area contributed by atoms with Gasteiger partial charge in [0.25, 0.3) is 0 Å². The second-order valence-electron chi connectivity index (χ2n) is 7.02. The molecule has 0 aliphatic carbocycles. The van der Waals surface area contributed by atoms with Crippen LogP contribution >= 0.6 is 0 Å². The van der Waals surface area contributed by atoms with Crippen LogP contribution in [-0.2, 0) is 12.8 Å². The van der Waals surface area contributed by atoms with Crippen LogP contribution in [0.1, 0.15) is 29.7 Å². The molecule has 0 spiro atoms. The molecule has 4 aromatic carbocycles. The first-order valence-electron chi connectivity index (χ1n) is 9.59. The molecule has 4 aromatic rings. The van der Waals surface area contributed by atoms with E-state index in [0.29, 0.717) is 0 Å². The van der Waals surface area contributed by atoms with E-state index in [9.17, 15) is 0 Å². The van der Waals surface area contributed by atoms with Crippen molar-refractivity contribution in [1.82, 2.24) is 0 Å². The van der Waals surface area contributed by atoms with Crippen molar-refractivity contribution < 1.29 is 20.4 Å². The normalized spacial score (nSPS) is 9.81. The van der Waals surface area contributed by atoms with Crippen LogP contribution in [0.15, 0.2) is 97.1 Å². The zero-order chi connectivity index (χ0) is 21.3. The van der Waals surface area contributed by atoms with Gasteiger partial charge in [-0.3, -0.25) is 0 Å². The summed E-state index contributed by atoms with van der Waals surface area (Å²) in [5.74, 6) is 1.13. The first-order chi connectivity index (χ1) is 14.5. The highest BCUT2D eigenvalue weighted by Crippen LogP contribution is 2.17. The molecule has 4 heteroatoms. The van der Waals surface area contributed by atoms with Crippen LogP contribution in [0, 0.1) is 0 Å². The summed E-state index contributed by atoms with van der Waals surface area (Å²) in [6.45, 7) is 0. The van der Waals surface area contributed by atoms with Gasteiger partial charge < -0.3 is 20.4 Å². The molecule has 4 rings (SSSR count). The Bertz CT molecular complexity index is 860. The standard InChI is InChI=1S/2C13H12O2.CH4/c2*14-12-5-1-10(2-6-12)9-11-3-7-13(15)8-4-11;/h2*1-8,14-15H,9H2;1H4. The Labute approximate surface area is 183 Å². The van der Waals surface area contributed by atoms with Crippen LogP contribution < -0.4 is 0 Å². The predicted molar refractivity (Wildman–Crippen MR) is 125 cm³/mol. The van der Waals surface area contributed by atoms with Crippen molar-refractivity contribution in [2.24, 2.45) is 0 Å². The van der Waals surface area contributed by atoms with Crippen LogP contribution in [0.4, 0.5) is 0 Å². The number of aromatic hydroxyl groups is 4. The Morgan fingerprint density at radius 3 is 0.645 bits per heavy atom. The van der Waals surface area contributed by atoms with E-state index in [2.05, 4.69) is 0 Å². The molecular formula is C27H28O4. The molecule has 0 bridgehead atoms. The van der Waals surface area contributed by atoms with Crippen molar-refractivity contribution in [3.05, 3.63) is 119 Å². The summed E-state index contributed by atoms with van der Waals surface area (Å²) in [6.07, 6.45) is 1.61. The van der Waals surface area contributed by atoms with Gasteiger partial charge in [-0.25, -0.2) is 0 Å². The molecule has 0 unspecified atom stereocenters. The Morgan fingerprint density at radius 2 is 0.484 bits per heavy atom. The van der Waals surface area contributed by atoms with E-state index in [4.69, 9.17) is 20.4 Å². The minimum Gasteiger partial charge on any atom is -0.508 e. The first kappa shape index (κ1) is 23.4. The number of phenols is 4. The fourth-order valence-corrected chi connectivity index (χ4v) is 2.93. The van der Waals surface area contributed by atoms with Crippen molar-refractivity contribution in [2.75, 3.05) is 0 Å². The maximum Gasteiger partial charge on any atom is 0.115 e. The van der Waals surface area contributed by atoms with E-state index in [-0.39, 0.29) is 30.4 Å². The molecule has 0 atom stereocenters. The second-order valence-corrected chi connectivity index (χ2v) is 7.02. The highest BCUT2D eigenvalue weighted by Gasteiger charge is 1.98. The van der Waals surface area contributed by atoms with E-state index >= 15 is 0 Å². The summed E-state index contributed by atoms with van der Waals surface area (Å²) in [5, 5.41) is 36.5. The number of benzene rings is 4. The third-order valence-electron chi connectivity index (χ3n) is 4.56. The summed E-state index contributed by atoms with van der Waals surface area (Å²) in [4.78, 5) is 0. The minimum absolute atomic E-state index is 0. The van der Waals surface area contributed by atoms with Gasteiger partial charge in [-0.05, 0) is 83.6 Å². The summed E-state index contributed by atoms with van der Waals surface area (Å²) >= 11 is 0. The van der Waals surface area contributed by atoms with E-state index < -0.39 is 0 Å². The van der Waals surface area contributed by atoms with Crippen molar-refractivity contribution in [3.8, 4) is 23.0 Å². The zero-order valence-corrected chi connectivity index (χ0v) is 16.4. The van der Waals surface area contributed by atoms with Crippen molar-refractivity contribution in [3.63, 3.8) is 0 Å². The molecular weight excluding hydrogens is 388 g/mol. The monoisotopic (exact) mass is 416 g/mol. The topological polar surface area (TPSA) is 80.9 Å². The average molecular weight is 417 g/mol. The smallest absolute Gasteiger partial charge is 0.115 e. The average Bonchev–Trinajstić information content (AvgIpc) is 2.75. The van der Waals surface area contributed by atoms with Gasteiger partial charge in [0.15, 0.2) is 0 Å². The Hall–Kier alpha value is -3.92. The molecule has 0 saturated carbocycles. The lowest BCUT2D eigenvalue weighted by Crippen LogP contribution is -1.86. The lowest BCUT2D eigenvalue weighted by atomic mass is 10.1. The van der Waals surface area contributed by atoms with Crippen LogP contribution in [0.5, 0.6) is 23.0 Å². The molecule has 0 aliphatic heterocycles.